The first-order valence-electron chi connectivity index (χ1n) is 5.54. The summed E-state index contributed by atoms with van der Waals surface area (Å²) < 4.78 is 23.9. The summed E-state index contributed by atoms with van der Waals surface area (Å²) in [5.74, 6) is -0.0835. The Hall–Kier alpha value is -1.41. The lowest BCUT2D eigenvalue weighted by molar-refractivity contribution is 0.0821. The highest BCUT2D eigenvalue weighted by Crippen LogP contribution is 2.25. The van der Waals surface area contributed by atoms with E-state index in [1.807, 2.05) is 0 Å². The number of nitrogens with two attached hydrogens (primary N) is 1. The second-order valence-corrected chi connectivity index (χ2v) is 6.75. The van der Waals surface area contributed by atoms with Crippen LogP contribution in [0.4, 0.5) is 0 Å². The summed E-state index contributed by atoms with van der Waals surface area (Å²) in [7, 11) is 0.344. The Balaban J connectivity index is 2.28. The molecular formula is C10H16N4O3S. The molecule has 0 spiro atoms. The van der Waals surface area contributed by atoms with Crippen LogP contribution in [0.1, 0.15) is 22.2 Å². The standard InChI is InChI=1S/C10H16N4O3S/c1-13(2)10(15)9-3-7(4-11)14(12-9)8-5-18(16,17)6-8/h3,8H,4-6,11H2,1-2H3. The topological polar surface area (TPSA) is 98.3 Å². The lowest BCUT2D eigenvalue weighted by atomic mass is 10.3. The van der Waals surface area contributed by atoms with Crippen LogP contribution in [0.15, 0.2) is 6.07 Å². The molecule has 1 aliphatic heterocycles. The molecule has 18 heavy (non-hydrogen) atoms. The summed E-state index contributed by atoms with van der Waals surface area (Å²) in [5.41, 5.74) is 6.57. The molecule has 2 N–H and O–H groups in total. The van der Waals surface area contributed by atoms with E-state index in [1.165, 1.54) is 4.90 Å². The molecule has 0 saturated carbocycles. The molecule has 0 aliphatic carbocycles. The van der Waals surface area contributed by atoms with Crippen molar-refractivity contribution in [1.29, 1.82) is 0 Å². The van der Waals surface area contributed by atoms with Crippen LogP contribution in [-0.2, 0) is 16.4 Å². The van der Waals surface area contributed by atoms with E-state index in [9.17, 15) is 13.2 Å². The summed E-state index contributed by atoms with van der Waals surface area (Å²) in [4.78, 5) is 13.2. The minimum absolute atomic E-state index is 0.0667. The Kier molecular flexibility index (Phi) is 3.16. The third-order valence-electron chi connectivity index (χ3n) is 2.89. The third kappa shape index (κ3) is 2.25. The van der Waals surface area contributed by atoms with Crippen LogP contribution in [0.25, 0.3) is 0 Å². The van der Waals surface area contributed by atoms with E-state index >= 15 is 0 Å². The number of hydrogen-bond donors (Lipinski definition) is 1. The third-order valence-corrected chi connectivity index (χ3v) is 4.67. The molecule has 2 rings (SSSR count). The van der Waals surface area contributed by atoms with Gasteiger partial charge in [-0.05, 0) is 6.07 Å². The minimum atomic E-state index is -2.93. The molecular weight excluding hydrogens is 256 g/mol. The van der Waals surface area contributed by atoms with E-state index in [-0.39, 0.29) is 30.0 Å². The molecule has 0 radical (unpaired) electrons. The van der Waals surface area contributed by atoms with E-state index in [4.69, 9.17) is 5.73 Å². The van der Waals surface area contributed by atoms with Crippen LogP contribution in [-0.4, -0.2) is 54.6 Å². The van der Waals surface area contributed by atoms with E-state index < -0.39 is 9.84 Å². The number of carbonyl (C=O) groups is 1. The minimum Gasteiger partial charge on any atom is -0.343 e. The Morgan fingerprint density at radius 3 is 2.61 bits per heavy atom. The van der Waals surface area contributed by atoms with Crippen LogP contribution >= 0.6 is 0 Å². The predicted molar refractivity (Wildman–Crippen MR) is 65.8 cm³/mol. The van der Waals surface area contributed by atoms with Crippen molar-refractivity contribution in [3.8, 4) is 0 Å². The molecule has 0 atom stereocenters. The maximum atomic E-state index is 11.8. The first-order valence-corrected chi connectivity index (χ1v) is 7.37. The lowest BCUT2D eigenvalue weighted by Crippen LogP contribution is -2.39. The molecule has 8 heteroatoms. The summed E-state index contributed by atoms with van der Waals surface area (Å²) in [6, 6.07) is 1.42. The molecule has 1 saturated heterocycles. The van der Waals surface area contributed by atoms with Crippen molar-refractivity contribution in [2.24, 2.45) is 5.73 Å². The van der Waals surface area contributed by atoms with Gasteiger partial charge in [0.25, 0.3) is 5.91 Å². The van der Waals surface area contributed by atoms with Gasteiger partial charge in [0.1, 0.15) is 0 Å². The lowest BCUT2D eigenvalue weighted by Gasteiger charge is -2.27. The highest BCUT2D eigenvalue weighted by Gasteiger charge is 2.36. The van der Waals surface area contributed by atoms with Crippen molar-refractivity contribution in [2.75, 3.05) is 25.6 Å². The molecule has 7 nitrogen and oxygen atoms in total. The first-order chi connectivity index (χ1) is 8.34. The zero-order valence-electron chi connectivity index (χ0n) is 10.3. The molecule has 0 bridgehead atoms. The average Bonchev–Trinajstić information content (AvgIpc) is 2.67. The quantitative estimate of drug-likeness (QED) is 0.762. The second kappa shape index (κ2) is 4.36. The van der Waals surface area contributed by atoms with Gasteiger partial charge in [-0.1, -0.05) is 0 Å². The van der Waals surface area contributed by atoms with Gasteiger partial charge in [0.05, 0.1) is 23.2 Å². The normalized spacial score (nSPS) is 18.4. The second-order valence-electron chi connectivity index (χ2n) is 4.60. The van der Waals surface area contributed by atoms with Gasteiger partial charge < -0.3 is 10.6 Å². The highest BCUT2D eigenvalue weighted by atomic mass is 32.2. The number of carbonyl (C=O) groups excluding carboxylic acids is 1. The van der Waals surface area contributed by atoms with Crippen molar-refractivity contribution in [2.45, 2.75) is 12.6 Å². The average molecular weight is 272 g/mol. The van der Waals surface area contributed by atoms with Crippen molar-refractivity contribution in [3.05, 3.63) is 17.5 Å². The van der Waals surface area contributed by atoms with Crippen LogP contribution in [0.2, 0.25) is 0 Å². The van der Waals surface area contributed by atoms with Crippen molar-refractivity contribution in [3.63, 3.8) is 0 Å². The highest BCUT2D eigenvalue weighted by molar-refractivity contribution is 7.92. The van der Waals surface area contributed by atoms with Gasteiger partial charge in [-0.25, -0.2) is 8.42 Å². The fraction of sp³-hybridized carbons (Fsp3) is 0.600. The number of rotatable bonds is 3. The van der Waals surface area contributed by atoms with Gasteiger partial charge in [0.15, 0.2) is 15.5 Å². The van der Waals surface area contributed by atoms with Gasteiger partial charge in [0.2, 0.25) is 0 Å². The van der Waals surface area contributed by atoms with Gasteiger partial charge in [-0.3, -0.25) is 9.48 Å². The molecule has 2 heterocycles. The molecule has 1 amide bonds. The number of aromatic nitrogens is 2. The van der Waals surface area contributed by atoms with Gasteiger partial charge in [-0.15, -0.1) is 0 Å². The summed E-state index contributed by atoms with van der Waals surface area (Å²) in [5, 5.41) is 4.17. The number of nitrogens with zero attached hydrogens (tertiary/aromatic N) is 3. The van der Waals surface area contributed by atoms with Crippen molar-refractivity contribution < 1.29 is 13.2 Å². The fourth-order valence-corrected chi connectivity index (χ4v) is 3.27. The van der Waals surface area contributed by atoms with E-state index in [0.29, 0.717) is 11.4 Å². The summed E-state index contributed by atoms with van der Waals surface area (Å²) in [6.07, 6.45) is 0. The molecule has 1 aromatic heterocycles. The molecule has 0 unspecified atom stereocenters. The Morgan fingerprint density at radius 1 is 1.56 bits per heavy atom. The number of amides is 1. The number of hydrogen-bond acceptors (Lipinski definition) is 5. The van der Waals surface area contributed by atoms with Crippen molar-refractivity contribution >= 4 is 15.7 Å². The molecule has 1 aromatic rings. The Labute approximate surface area is 105 Å². The zero-order chi connectivity index (χ0) is 13.5. The van der Waals surface area contributed by atoms with E-state index in [1.54, 1.807) is 24.8 Å². The summed E-state index contributed by atoms with van der Waals surface area (Å²) in [6.45, 7) is 0.226. The monoisotopic (exact) mass is 272 g/mol. The predicted octanol–water partition coefficient (Wildman–Crippen LogP) is -0.987. The number of sulfone groups is 1. The molecule has 100 valence electrons. The van der Waals surface area contributed by atoms with Crippen LogP contribution < -0.4 is 5.73 Å². The smallest absolute Gasteiger partial charge is 0.273 e. The molecule has 0 aromatic carbocycles. The molecule has 1 fully saturated rings. The van der Waals surface area contributed by atoms with Crippen LogP contribution in [0.5, 0.6) is 0 Å². The Bertz CT molecular complexity index is 564. The van der Waals surface area contributed by atoms with E-state index in [0.717, 1.165) is 0 Å². The maximum Gasteiger partial charge on any atom is 0.273 e. The van der Waals surface area contributed by atoms with Gasteiger partial charge >= 0.3 is 0 Å². The van der Waals surface area contributed by atoms with E-state index in [2.05, 4.69) is 5.10 Å². The first kappa shape index (κ1) is 13.0. The maximum absolute atomic E-state index is 11.8. The fourth-order valence-electron chi connectivity index (χ4n) is 1.91. The Morgan fingerprint density at radius 2 is 2.17 bits per heavy atom. The van der Waals surface area contributed by atoms with Gasteiger partial charge in [0, 0.05) is 20.6 Å². The van der Waals surface area contributed by atoms with Crippen LogP contribution in [0, 0.1) is 0 Å². The van der Waals surface area contributed by atoms with Gasteiger partial charge in [-0.2, -0.15) is 5.10 Å². The largest absolute Gasteiger partial charge is 0.343 e. The van der Waals surface area contributed by atoms with Crippen LogP contribution in [0.3, 0.4) is 0 Å². The molecule has 1 aliphatic rings. The summed E-state index contributed by atoms with van der Waals surface area (Å²) >= 11 is 0. The van der Waals surface area contributed by atoms with Crippen molar-refractivity contribution in [1.82, 2.24) is 14.7 Å². The SMILES string of the molecule is CN(C)C(=O)c1cc(CN)n(C2CS(=O)(=O)C2)n1. The zero-order valence-corrected chi connectivity index (χ0v) is 11.1.